The lowest BCUT2D eigenvalue weighted by Gasteiger charge is -2.00. The Kier molecular flexibility index (Phi) is 11.3. The van der Waals surface area contributed by atoms with Crippen LogP contribution in [0, 0.1) is 6.92 Å². The van der Waals surface area contributed by atoms with Gasteiger partial charge in [-0.15, -0.1) is 0 Å². The van der Waals surface area contributed by atoms with Crippen LogP contribution in [0.5, 0.6) is 0 Å². The summed E-state index contributed by atoms with van der Waals surface area (Å²) in [7, 11) is 1.92. The summed E-state index contributed by atoms with van der Waals surface area (Å²) in [5.74, 6) is -0.424. The van der Waals surface area contributed by atoms with E-state index in [0.717, 1.165) is 28.2 Å². The summed E-state index contributed by atoms with van der Waals surface area (Å²) in [6.45, 7) is 6.09. The number of aryl methyl sites for hydroxylation is 1. The highest BCUT2D eigenvalue weighted by atomic mass is 16.1. The third-order valence-electron chi connectivity index (χ3n) is 4.31. The highest BCUT2D eigenvalue weighted by Crippen LogP contribution is 2.24. The number of rotatable bonds is 7. The van der Waals surface area contributed by atoms with E-state index >= 15 is 0 Å². The average Bonchev–Trinajstić information content (AvgIpc) is 3.30. The highest BCUT2D eigenvalue weighted by molar-refractivity contribution is 5.74. The van der Waals surface area contributed by atoms with E-state index in [9.17, 15) is 9.59 Å². The summed E-state index contributed by atoms with van der Waals surface area (Å²) in [5.41, 5.74) is 16.6. The molecule has 6 N–H and O–H groups in total. The molecule has 0 aliphatic rings. The first-order chi connectivity index (χ1) is 14.9. The van der Waals surface area contributed by atoms with Crippen molar-refractivity contribution in [2.75, 3.05) is 12.4 Å². The fourth-order valence-electron chi connectivity index (χ4n) is 2.54. The summed E-state index contributed by atoms with van der Waals surface area (Å²) in [5, 5.41) is 10.6. The molecule has 1 atom stereocenters. The summed E-state index contributed by atoms with van der Waals surface area (Å²) >= 11 is 0. The lowest BCUT2D eigenvalue weighted by Crippen LogP contribution is -2.24. The third kappa shape index (κ3) is 8.84. The zero-order valence-electron chi connectivity index (χ0n) is 18.7. The first kappa shape index (κ1) is 25.6. The van der Waals surface area contributed by atoms with E-state index in [-0.39, 0.29) is 6.42 Å². The van der Waals surface area contributed by atoms with E-state index in [1.807, 2.05) is 20.9 Å². The Balaban J connectivity index is 0.000000372. The van der Waals surface area contributed by atoms with Crippen molar-refractivity contribution in [3.05, 3.63) is 60.2 Å². The molecule has 0 aliphatic heterocycles. The van der Waals surface area contributed by atoms with E-state index in [4.69, 9.17) is 11.5 Å². The number of carbonyl (C=O) groups is 2. The van der Waals surface area contributed by atoms with Gasteiger partial charge in [0.1, 0.15) is 6.29 Å². The predicted molar refractivity (Wildman–Crippen MR) is 128 cm³/mol. The standard InChI is InChI=1S/C17H17N3.C5H10N2O2.C2H6/c1-12-3-5-13(6-4-12)16-11-17(20-19-16)14-7-9-15(18-2)10-8-14;6-4(3-8)1-2-5(7)9;1-2/h3-11,18H,1-2H3,(H,19,20);3-4H,1-2,6H2,(H2,7,9);1-2H3. The van der Waals surface area contributed by atoms with Crippen LogP contribution in [-0.4, -0.2) is 35.5 Å². The molecule has 0 fully saturated rings. The molecule has 0 saturated carbocycles. The number of primary amides is 1. The molecule has 7 nitrogen and oxygen atoms in total. The molecule has 1 amide bonds. The number of hydrogen-bond acceptors (Lipinski definition) is 5. The maximum absolute atomic E-state index is 10.1. The lowest BCUT2D eigenvalue weighted by molar-refractivity contribution is -0.118. The molecule has 0 saturated heterocycles. The van der Waals surface area contributed by atoms with Crippen LogP contribution in [0.2, 0.25) is 0 Å². The first-order valence-corrected chi connectivity index (χ1v) is 10.3. The summed E-state index contributed by atoms with van der Waals surface area (Å²) in [4.78, 5) is 19.9. The van der Waals surface area contributed by atoms with E-state index in [0.29, 0.717) is 12.7 Å². The monoisotopic (exact) mass is 423 g/mol. The molecule has 3 aromatic rings. The molecule has 1 unspecified atom stereocenters. The van der Waals surface area contributed by atoms with Crippen molar-refractivity contribution in [3.63, 3.8) is 0 Å². The quantitative estimate of drug-likeness (QED) is 0.429. The molecule has 1 aromatic heterocycles. The second-order valence-electron chi connectivity index (χ2n) is 6.67. The molecule has 0 bridgehead atoms. The molecule has 7 heteroatoms. The molecule has 31 heavy (non-hydrogen) atoms. The van der Waals surface area contributed by atoms with Crippen LogP contribution in [0.1, 0.15) is 32.3 Å². The smallest absolute Gasteiger partial charge is 0.217 e. The molecule has 0 radical (unpaired) electrons. The molecule has 0 aliphatic carbocycles. The van der Waals surface area contributed by atoms with Gasteiger partial charge in [0.2, 0.25) is 5.91 Å². The summed E-state index contributed by atoms with van der Waals surface area (Å²) in [6.07, 6.45) is 1.13. The van der Waals surface area contributed by atoms with Crippen molar-refractivity contribution in [1.82, 2.24) is 10.2 Å². The number of hydrogen-bond donors (Lipinski definition) is 4. The van der Waals surface area contributed by atoms with Gasteiger partial charge in [-0.05, 0) is 37.1 Å². The van der Waals surface area contributed by atoms with E-state index < -0.39 is 11.9 Å². The average molecular weight is 424 g/mol. The van der Waals surface area contributed by atoms with Gasteiger partial charge in [-0.25, -0.2) is 0 Å². The number of aromatic nitrogens is 2. The van der Waals surface area contributed by atoms with Gasteiger partial charge >= 0.3 is 0 Å². The Morgan fingerprint density at radius 2 is 1.68 bits per heavy atom. The van der Waals surface area contributed by atoms with Gasteiger partial charge < -0.3 is 21.6 Å². The van der Waals surface area contributed by atoms with Gasteiger partial charge in [-0.3, -0.25) is 9.89 Å². The van der Waals surface area contributed by atoms with Crippen LogP contribution < -0.4 is 16.8 Å². The number of benzene rings is 2. The van der Waals surface area contributed by atoms with Crippen LogP contribution in [0.4, 0.5) is 5.69 Å². The Hall–Kier alpha value is -3.45. The van der Waals surface area contributed by atoms with Gasteiger partial charge in [0.05, 0.1) is 17.4 Å². The number of aromatic amines is 1. The van der Waals surface area contributed by atoms with Gasteiger partial charge in [0.25, 0.3) is 0 Å². The largest absolute Gasteiger partial charge is 0.388 e. The summed E-state index contributed by atoms with van der Waals surface area (Å²) in [6, 6.07) is 18.2. The second-order valence-corrected chi connectivity index (χ2v) is 6.67. The van der Waals surface area contributed by atoms with Crippen molar-refractivity contribution in [1.29, 1.82) is 0 Å². The fraction of sp³-hybridized carbons (Fsp3) is 0.292. The lowest BCUT2D eigenvalue weighted by atomic mass is 10.1. The normalized spacial score (nSPS) is 10.6. The van der Waals surface area contributed by atoms with Crippen LogP contribution >= 0.6 is 0 Å². The zero-order chi connectivity index (χ0) is 23.2. The Bertz CT molecular complexity index is 918. The highest BCUT2D eigenvalue weighted by Gasteiger charge is 2.05. The Morgan fingerprint density at radius 3 is 2.19 bits per heavy atom. The molecule has 0 spiro atoms. The topological polar surface area (TPSA) is 127 Å². The van der Waals surface area contributed by atoms with Crippen LogP contribution in [0.15, 0.2) is 54.6 Å². The molecule has 2 aromatic carbocycles. The van der Waals surface area contributed by atoms with Crippen LogP contribution in [0.25, 0.3) is 22.5 Å². The van der Waals surface area contributed by atoms with E-state index in [2.05, 4.69) is 77.0 Å². The predicted octanol–water partition coefficient (Wildman–Crippen LogP) is 3.90. The van der Waals surface area contributed by atoms with Crippen molar-refractivity contribution < 1.29 is 9.59 Å². The molecular weight excluding hydrogens is 390 g/mol. The molecule has 1 heterocycles. The Labute approximate surface area is 184 Å². The number of carbonyl (C=O) groups excluding carboxylic acids is 2. The fourth-order valence-corrected chi connectivity index (χ4v) is 2.54. The van der Waals surface area contributed by atoms with Crippen molar-refractivity contribution in [3.8, 4) is 22.5 Å². The van der Waals surface area contributed by atoms with Crippen LogP contribution in [0.3, 0.4) is 0 Å². The van der Waals surface area contributed by atoms with Gasteiger partial charge in [-0.1, -0.05) is 55.8 Å². The van der Waals surface area contributed by atoms with Gasteiger partial charge in [0.15, 0.2) is 0 Å². The third-order valence-corrected chi connectivity index (χ3v) is 4.31. The number of nitrogens with one attached hydrogen (secondary N) is 2. The number of amides is 1. The van der Waals surface area contributed by atoms with E-state index in [1.54, 1.807) is 0 Å². The minimum Gasteiger partial charge on any atom is -0.388 e. The minimum absolute atomic E-state index is 0.180. The number of nitrogens with two attached hydrogens (primary N) is 2. The molecule has 3 rings (SSSR count). The Morgan fingerprint density at radius 1 is 1.10 bits per heavy atom. The molecule has 166 valence electrons. The first-order valence-electron chi connectivity index (χ1n) is 10.3. The van der Waals surface area contributed by atoms with Crippen molar-refractivity contribution in [2.45, 2.75) is 39.7 Å². The molecular formula is C24H33N5O2. The number of nitrogens with zero attached hydrogens (tertiary/aromatic N) is 1. The van der Waals surface area contributed by atoms with Gasteiger partial charge in [-0.2, -0.15) is 5.10 Å². The SMILES string of the molecule is CC.CNc1ccc(-c2cc(-c3ccc(C)cc3)[nH]n2)cc1.NC(=O)CCC(N)C=O. The van der Waals surface area contributed by atoms with E-state index in [1.165, 1.54) is 5.56 Å². The number of aldehydes is 1. The van der Waals surface area contributed by atoms with Crippen molar-refractivity contribution >= 4 is 17.9 Å². The van der Waals surface area contributed by atoms with Gasteiger partial charge in [0, 0.05) is 24.7 Å². The van der Waals surface area contributed by atoms with Crippen molar-refractivity contribution in [2.24, 2.45) is 11.5 Å². The van der Waals surface area contributed by atoms with Crippen LogP contribution in [-0.2, 0) is 9.59 Å². The summed E-state index contributed by atoms with van der Waals surface area (Å²) < 4.78 is 0. The number of H-pyrrole nitrogens is 1. The zero-order valence-corrected chi connectivity index (χ0v) is 18.7. The minimum atomic E-state index is -0.544. The maximum Gasteiger partial charge on any atom is 0.217 e. The number of anilines is 1. The maximum atomic E-state index is 10.1. The second kappa shape index (κ2) is 13.7.